The summed E-state index contributed by atoms with van der Waals surface area (Å²) >= 11 is 0. The maximum absolute atomic E-state index is 12.3. The first-order chi connectivity index (χ1) is 18.8. The van der Waals surface area contributed by atoms with Gasteiger partial charge in [-0.05, 0) is 6.42 Å². The molecule has 1 saturated heterocycles. The number of carbonyl (C=O) groups is 6. The van der Waals surface area contributed by atoms with E-state index < -0.39 is 92.4 Å². The summed E-state index contributed by atoms with van der Waals surface area (Å²) in [5, 5.41) is 25.3. The van der Waals surface area contributed by atoms with E-state index >= 15 is 0 Å². The second kappa shape index (κ2) is 17.9. The summed E-state index contributed by atoms with van der Waals surface area (Å²) in [7, 11) is 0. The Bertz CT molecular complexity index is 885. The van der Waals surface area contributed by atoms with Gasteiger partial charge in [0.1, 0.15) is 38.1 Å². The fourth-order valence-electron chi connectivity index (χ4n) is 3.42. The number of esters is 3. The molecule has 1 fully saturated rings. The smallest absolute Gasteiger partial charge is 0.407 e. The Morgan fingerprint density at radius 1 is 0.875 bits per heavy atom. The second-order valence-electron chi connectivity index (χ2n) is 8.60. The number of carbonyl (C=O) groups excluding carboxylic acids is 6. The van der Waals surface area contributed by atoms with Gasteiger partial charge in [-0.2, -0.15) is 0 Å². The molecule has 17 heteroatoms. The normalized spacial score (nSPS) is 22.7. The lowest BCUT2D eigenvalue weighted by Gasteiger charge is -2.44. The summed E-state index contributed by atoms with van der Waals surface area (Å²) in [5.41, 5.74) is 0. The van der Waals surface area contributed by atoms with Crippen molar-refractivity contribution in [2.45, 2.75) is 70.9 Å². The minimum absolute atomic E-state index is 0.127. The number of nitrogens with one attached hydrogen (secondary N) is 3. The molecule has 17 nitrogen and oxygen atoms in total. The van der Waals surface area contributed by atoms with E-state index in [0.29, 0.717) is 6.42 Å². The van der Waals surface area contributed by atoms with Gasteiger partial charge in [0.25, 0.3) is 0 Å². The topological polar surface area (TPSA) is 234 Å². The Morgan fingerprint density at radius 3 is 2.08 bits per heavy atom. The van der Waals surface area contributed by atoms with E-state index in [1.54, 1.807) is 0 Å². The monoisotopic (exact) mass is 579 g/mol. The molecule has 0 aromatic carbocycles. The van der Waals surface area contributed by atoms with Crippen molar-refractivity contribution in [3.05, 3.63) is 0 Å². The van der Waals surface area contributed by atoms with E-state index in [-0.39, 0.29) is 19.7 Å². The highest BCUT2D eigenvalue weighted by Crippen LogP contribution is 2.28. The molecular formula is C23H37N3O14. The van der Waals surface area contributed by atoms with Gasteiger partial charge in [-0.15, -0.1) is 0 Å². The number of alkyl carbamates (subject to hydrolysis) is 1. The Labute approximate surface area is 230 Å². The summed E-state index contributed by atoms with van der Waals surface area (Å²) < 4.78 is 31.6. The van der Waals surface area contributed by atoms with Crippen molar-refractivity contribution in [2.24, 2.45) is 0 Å². The van der Waals surface area contributed by atoms with Crippen LogP contribution in [0.5, 0.6) is 0 Å². The maximum atomic E-state index is 12.3. The summed E-state index contributed by atoms with van der Waals surface area (Å²) in [6.45, 7) is 2.87. The summed E-state index contributed by atoms with van der Waals surface area (Å²) in [5.74, 6) is -3.36. The molecule has 0 spiro atoms. The average molecular weight is 580 g/mol. The zero-order valence-corrected chi connectivity index (χ0v) is 22.7. The number of hydrogen-bond acceptors (Lipinski definition) is 14. The molecule has 0 aromatic heterocycles. The molecule has 5 N–H and O–H groups in total. The van der Waals surface area contributed by atoms with Crippen molar-refractivity contribution in [2.75, 3.05) is 39.5 Å². The van der Waals surface area contributed by atoms with Crippen LogP contribution in [0.4, 0.5) is 4.79 Å². The van der Waals surface area contributed by atoms with Gasteiger partial charge in [-0.25, -0.2) is 4.79 Å². The Morgan fingerprint density at radius 2 is 1.50 bits per heavy atom. The van der Waals surface area contributed by atoms with Crippen LogP contribution in [0.25, 0.3) is 0 Å². The molecule has 1 aliphatic heterocycles. The van der Waals surface area contributed by atoms with Crippen LogP contribution in [-0.4, -0.2) is 122 Å². The van der Waals surface area contributed by atoms with Crippen LogP contribution in [0.1, 0.15) is 34.1 Å². The van der Waals surface area contributed by atoms with Gasteiger partial charge < -0.3 is 54.6 Å². The molecular weight excluding hydrogens is 542 g/mol. The maximum Gasteiger partial charge on any atom is 0.407 e. The molecule has 3 amide bonds. The van der Waals surface area contributed by atoms with Gasteiger partial charge in [0.05, 0.1) is 6.61 Å². The van der Waals surface area contributed by atoms with Crippen LogP contribution in [0.2, 0.25) is 0 Å². The van der Waals surface area contributed by atoms with Crippen LogP contribution in [0.15, 0.2) is 0 Å². The largest absolute Gasteiger partial charge is 0.463 e. The van der Waals surface area contributed by atoms with Gasteiger partial charge in [-0.1, -0.05) is 0 Å². The Balaban J connectivity index is 2.80. The molecule has 0 saturated carbocycles. The van der Waals surface area contributed by atoms with E-state index in [1.165, 1.54) is 6.92 Å². The quantitative estimate of drug-likeness (QED) is 0.0751. The number of ether oxygens (including phenoxy) is 6. The van der Waals surface area contributed by atoms with E-state index in [0.717, 1.165) is 20.8 Å². The van der Waals surface area contributed by atoms with Gasteiger partial charge in [0, 0.05) is 40.8 Å². The molecule has 0 aliphatic carbocycles. The molecule has 6 atom stereocenters. The lowest BCUT2D eigenvalue weighted by Crippen LogP contribution is -2.66. The van der Waals surface area contributed by atoms with Crippen LogP contribution in [0.3, 0.4) is 0 Å². The van der Waals surface area contributed by atoms with Crippen LogP contribution < -0.4 is 16.0 Å². The molecule has 40 heavy (non-hydrogen) atoms. The molecule has 1 heterocycles. The summed E-state index contributed by atoms with van der Waals surface area (Å²) in [4.78, 5) is 70.7. The van der Waals surface area contributed by atoms with Crippen molar-refractivity contribution in [1.82, 2.24) is 16.0 Å². The summed E-state index contributed by atoms with van der Waals surface area (Å²) in [6.07, 6.45) is -6.87. The second-order valence-corrected chi connectivity index (χ2v) is 8.60. The number of amides is 3. The fourth-order valence-corrected chi connectivity index (χ4v) is 3.42. The third-order valence-corrected chi connectivity index (χ3v) is 5.01. The zero-order chi connectivity index (χ0) is 30.2. The van der Waals surface area contributed by atoms with E-state index in [1.807, 2.05) is 0 Å². The lowest BCUT2D eigenvalue weighted by atomic mass is 9.96. The number of aliphatic hydroxyl groups is 2. The highest BCUT2D eigenvalue weighted by Gasteiger charge is 2.51. The van der Waals surface area contributed by atoms with Crippen LogP contribution in [-0.2, 0) is 52.4 Å². The van der Waals surface area contributed by atoms with Crippen molar-refractivity contribution in [3.63, 3.8) is 0 Å². The van der Waals surface area contributed by atoms with E-state index in [9.17, 15) is 28.8 Å². The third-order valence-electron chi connectivity index (χ3n) is 5.01. The first kappa shape index (κ1) is 34.5. The number of hydrogen-bond donors (Lipinski definition) is 5. The number of aliphatic hydroxyl groups excluding tert-OH is 2. The van der Waals surface area contributed by atoms with E-state index in [4.69, 9.17) is 33.9 Å². The standard InChI is InChI=1S/C23H37N3O14/c1-12(28)26-19-21(39-15(4)31)20(38-14(3)30)17(10-35-13(2)29)40-22(19)36-11-18(33)24-6-5-7-25-23(34)37-9-16(32)8-27/h16-17,19-22,27,32H,5-11H2,1-4H3,(H,24,33)(H,25,34)(H,26,28)/t16-,17-,19-,20+,21-,22-/m1/s1. The zero-order valence-electron chi connectivity index (χ0n) is 22.7. The fraction of sp³-hybridized carbons (Fsp3) is 0.739. The third kappa shape index (κ3) is 13.5. The van der Waals surface area contributed by atoms with Crippen molar-refractivity contribution >= 4 is 35.8 Å². The predicted octanol–water partition coefficient (Wildman–Crippen LogP) is -2.76. The molecule has 0 bridgehead atoms. The molecule has 0 aromatic rings. The Hall–Kier alpha value is -3.54. The molecule has 0 unspecified atom stereocenters. The highest BCUT2D eigenvalue weighted by molar-refractivity contribution is 5.77. The van der Waals surface area contributed by atoms with Gasteiger partial charge >= 0.3 is 24.0 Å². The molecule has 228 valence electrons. The van der Waals surface area contributed by atoms with E-state index in [2.05, 4.69) is 20.7 Å². The summed E-state index contributed by atoms with van der Waals surface area (Å²) in [6, 6.07) is -1.22. The van der Waals surface area contributed by atoms with Gasteiger partial charge in [0.15, 0.2) is 18.5 Å². The first-order valence-corrected chi connectivity index (χ1v) is 12.3. The van der Waals surface area contributed by atoms with Crippen LogP contribution in [0, 0.1) is 0 Å². The average Bonchev–Trinajstić information content (AvgIpc) is 2.86. The molecule has 1 aliphatic rings. The van der Waals surface area contributed by atoms with Gasteiger partial charge in [0.2, 0.25) is 11.8 Å². The van der Waals surface area contributed by atoms with Gasteiger partial charge in [-0.3, -0.25) is 24.0 Å². The number of rotatable bonds is 15. The molecule has 0 radical (unpaired) electrons. The molecule has 1 rings (SSSR count). The van der Waals surface area contributed by atoms with Crippen molar-refractivity contribution < 1.29 is 67.4 Å². The minimum Gasteiger partial charge on any atom is -0.463 e. The Kier molecular flexibility index (Phi) is 15.5. The van der Waals surface area contributed by atoms with Crippen molar-refractivity contribution in [1.29, 1.82) is 0 Å². The SMILES string of the molecule is CC(=O)N[C@H]1[C@H](OCC(=O)NCCCNC(=O)OC[C@H](O)CO)O[C@H](COC(C)=O)[C@H](OC(C)=O)[C@@H]1OC(C)=O. The lowest BCUT2D eigenvalue weighted by molar-refractivity contribution is -0.276. The van der Waals surface area contributed by atoms with Crippen molar-refractivity contribution in [3.8, 4) is 0 Å². The minimum atomic E-state index is -1.39. The highest BCUT2D eigenvalue weighted by atomic mass is 16.7. The van der Waals surface area contributed by atoms with Crippen LogP contribution >= 0.6 is 0 Å². The predicted molar refractivity (Wildman–Crippen MR) is 130 cm³/mol. The first-order valence-electron chi connectivity index (χ1n) is 12.3.